The van der Waals surface area contributed by atoms with Gasteiger partial charge in [0, 0.05) is 11.5 Å². The second kappa shape index (κ2) is 6.68. The van der Waals surface area contributed by atoms with Gasteiger partial charge >= 0.3 is 0 Å². The minimum atomic E-state index is 0.552. The molecule has 0 aliphatic heterocycles. The summed E-state index contributed by atoms with van der Waals surface area (Å²) in [4.78, 5) is 0. The van der Waals surface area contributed by atoms with E-state index < -0.39 is 0 Å². The van der Waals surface area contributed by atoms with Crippen molar-refractivity contribution < 1.29 is 4.74 Å². The molecule has 0 saturated heterocycles. The van der Waals surface area contributed by atoms with E-state index in [4.69, 9.17) is 4.74 Å². The average Bonchev–Trinajstić information content (AvgIpc) is 2.66. The monoisotopic (exact) mass is 386 g/mol. The van der Waals surface area contributed by atoms with Crippen molar-refractivity contribution in [1.82, 2.24) is 9.78 Å². The van der Waals surface area contributed by atoms with Gasteiger partial charge in [-0.05, 0) is 40.0 Å². The van der Waals surface area contributed by atoms with Gasteiger partial charge in [0.2, 0.25) is 0 Å². The lowest BCUT2D eigenvalue weighted by Gasteiger charge is -2.06. The normalized spacial score (nSPS) is 10.9. The molecule has 0 unspecified atom stereocenters. The second-order valence-corrected chi connectivity index (χ2v) is 6.02. The van der Waals surface area contributed by atoms with Crippen molar-refractivity contribution in [3.05, 3.63) is 50.2 Å². The molecule has 2 aromatic rings. The number of hydrogen-bond donors (Lipinski definition) is 0. The van der Waals surface area contributed by atoms with Crippen LogP contribution in [-0.2, 0) is 31.4 Å². The first-order valence-electron chi connectivity index (χ1n) is 6.14. The number of rotatable bonds is 5. The summed E-state index contributed by atoms with van der Waals surface area (Å²) >= 11 is 7.05. The fourth-order valence-corrected chi connectivity index (χ4v) is 3.05. The van der Waals surface area contributed by atoms with Crippen LogP contribution in [0.1, 0.15) is 23.9 Å². The first-order chi connectivity index (χ1) is 9.11. The van der Waals surface area contributed by atoms with Crippen LogP contribution in [0.4, 0.5) is 0 Å². The highest BCUT2D eigenvalue weighted by molar-refractivity contribution is 9.10. The Kier molecular flexibility index (Phi) is 5.19. The molecular weight excluding hydrogens is 372 g/mol. The summed E-state index contributed by atoms with van der Waals surface area (Å²) in [6.07, 6.45) is 0.917. The molecule has 1 aromatic heterocycles. The van der Waals surface area contributed by atoms with E-state index in [9.17, 15) is 0 Å². The molecule has 2 rings (SSSR count). The third-order valence-corrected chi connectivity index (χ3v) is 4.31. The van der Waals surface area contributed by atoms with Crippen LogP contribution in [0.5, 0.6) is 0 Å². The summed E-state index contributed by atoms with van der Waals surface area (Å²) in [5.41, 5.74) is 3.30. The molecular formula is C14H16Br2N2O. The van der Waals surface area contributed by atoms with E-state index in [1.54, 1.807) is 0 Å². The highest BCUT2D eigenvalue weighted by Gasteiger charge is 2.12. The molecule has 0 atom stereocenters. The number of nitrogens with zero attached hydrogens (tertiary/aromatic N) is 2. The van der Waals surface area contributed by atoms with E-state index in [0.717, 1.165) is 32.3 Å². The van der Waals surface area contributed by atoms with Gasteiger partial charge in [0.1, 0.15) is 0 Å². The molecule has 0 bridgehead atoms. The molecule has 1 aromatic carbocycles. The Balaban J connectivity index is 1.98. The largest absolute Gasteiger partial charge is 0.370 e. The van der Waals surface area contributed by atoms with Crippen LogP contribution in [0.2, 0.25) is 0 Å². The lowest BCUT2D eigenvalue weighted by molar-refractivity contribution is 0.101. The minimum absolute atomic E-state index is 0.552. The van der Waals surface area contributed by atoms with Gasteiger partial charge in [-0.25, -0.2) is 0 Å². The number of hydrogen-bond acceptors (Lipinski definition) is 2. The summed E-state index contributed by atoms with van der Waals surface area (Å²) < 4.78 is 9.78. The summed E-state index contributed by atoms with van der Waals surface area (Å²) in [7, 11) is 1.95. The molecule has 0 radical (unpaired) electrons. The summed E-state index contributed by atoms with van der Waals surface area (Å²) in [5, 5.41) is 4.45. The Bertz CT molecular complexity index is 567. The van der Waals surface area contributed by atoms with Crippen molar-refractivity contribution in [2.75, 3.05) is 0 Å². The summed E-state index contributed by atoms with van der Waals surface area (Å²) in [5.74, 6) is 0. The molecule has 0 N–H and O–H groups in total. The molecule has 102 valence electrons. The molecule has 0 saturated carbocycles. The maximum absolute atomic E-state index is 5.77. The van der Waals surface area contributed by atoms with Gasteiger partial charge in [-0.3, -0.25) is 4.68 Å². The first-order valence-corrected chi connectivity index (χ1v) is 7.72. The minimum Gasteiger partial charge on any atom is -0.370 e. The van der Waals surface area contributed by atoms with Crippen molar-refractivity contribution in [1.29, 1.82) is 0 Å². The quantitative estimate of drug-likeness (QED) is 0.767. The molecule has 5 heteroatoms. The maximum atomic E-state index is 5.77. The number of aromatic nitrogens is 2. The van der Waals surface area contributed by atoms with Crippen LogP contribution >= 0.6 is 31.9 Å². The van der Waals surface area contributed by atoms with Crippen molar-refractivity contribution in [2.24, 2.45) is 7.05 Å². The van der Waals surface area contributed by atoms with Crippen molar-refractivity contribution in [3.8, 4) is 0 Å². The van der Waals surface area contributed by atoms with E-state index in [0.29, 0.717) is 13.2 Å². The Morgan fingerprint density at radius 2 is 2.05 bits per heavy atom. The van der Waals surface area contributed by atoms with Crippen molar-refractivity contribution in [3.63, 3.8) is 0 Å². The molecule has 0 spiro atoms. The van der Waals surface area contributed by atoms with Gasteiger partial charge in [0.15, 0.2) is 0 Å². The first kappa shape index (κ1) is 14.8. The maximum Gasteiger partial charge on any atom is 0.0900 e. The van der Waals surface area contributed by atoms with Crippen LogP contribution in [0.3, 0.4) is 0 Å². The topological polar surface area (TPSA) is 27.1 Å². The number of halogens is 2. The fourth-order valence-electron chi connectivity index (χ4n) is 1.87. The summed E-state index contributed by atoms with van der Waals surface area (Å²) in [6, 6.07) is 8.14. The zero-order valence-corrected chi connectivity index (χ0v) is 14.2. The second-order valence-electron chi connectivity index (χ2n) is 4.31. The average molecular weight is 388 g/mol. The predicted molar refractivity (Wildman–Crippen MR) is 82.9 cm³/mol. The van der Waals surface area contributed by atoms with E-state index in [-0.39, 0.29) is 0 Å². The molecule has 0 aliphatic rings. The molecule has 1 heterocycles. The third-order valence-electron chi connectivity index (χ3n) is 2.90. The Hall–Kier alpha value is -0.650. The Labute approximate surface area is 130 Å². The molecule has 0 amide bonds. The van der Waals surface area contributed by atoms with Crippen LogP contribution in [-0.4, -0.2) is 9.78 Å². The lowest BCUT2D eigenvalue weighted by Crippen LogP contribution is -2.02. The highest BCUT2D eigenvalue weighted by atomic mass is 79.9. The van der Waals surface area contributed by atoms with Gasteiger partial charge in [0.25, 0.3) is 0 Å². The zero-order valence-electron chi connectivity index (χ0n) is 11.0. The Morgan fingerprint density at radius 3 is 2.68 bits per heavy atom. The fraction of sp³-hybridized carbons (Fsp3) is 0.357. The van der Waals surface area contributed by atoms with Gasteiger partial charge in [0.05, 0.1) is 29.1 Å². The van der Waals surface area contributed by atoms with Gasteiger partial charge in [-0.15, -0.1) is 0 Å². The van der Waals surface area contributed by atoms with Gasteiger partial charge < -0.3 is 4.74 Å². The van der Waals surface area contributed by atoms with E-state index in [2.05, 4.69) is 56.0 Å². The van der Waals surface area contributed by atoms with Crippen LogP contribution < -0.4 is 0 Å². The number of aryl methyl sites for hydroxylation is 2. The molecule has 19 heavy (non-hydrogen) atoms. The third kappa shape index (κ3) is 3.68. The van der Waals surface area contributed by atoms with Crippen molar-refractivity contribution >= 4 is 31.9 Å². The van der Waals surface area contributed by atoms with E-state index in [1.807, 2.05) is 23.9 Å². The number of benzene rings is 1. The summed E-state index contributed by atoms with van der Waals surface area (Å²) in [6.45, 7) is 3.24. The SMILES string of the molecule is CCc1nn(C)c(COCc2cccc(Br)c2)c1Br. The Morgan fingerprint density at radius 1 is 1.26 bits per heavy atom. The molecule has 0 aliphatic carbocycles. The molecule has 0 fully saturated rings. The van der Waals surface area contributed by atoms with E-state index in [1.165, 1.54) is 0 Å². The van der Waals surface area contributed by atoms with Crippen LogP contribution in [0.25, 0.3) is 0 Å². The predicted octanol–water partition coefficient (Wildman–Crippen LogP) is 4.22. The molecule has 3 nitrogen and oxygen atoms in total. The van der Waals surface area contributed by atoms with Crippen molar-refractivity contribution in [2.45, 2.75) is 26.6 Å². The highest BCUT2D eigenvalue weighted by Crippen LogP contribution is 2.22. The number of ether oxygens (including phenoxy) is 1. The standard InChI is InChI=1S/C14H16Br2N2O/c1-3-12-14(16)13(18(2)17-12)9-19-8-10-5-4-6-11(15)7-10/h4-7H,3,8-9H2,1-2H3. The smallest absolute Gasteiger partial charge is 0.0900 e. The van der Waals surface area contributed by atoms with Gasteiger partial charge in [-0.2, -0.15) is 5.10 Å². The van der Waals surface area contributed by atoms with Crippen LogP contribution in [0, 0.1) is 0 Å². The lowest BCUT2D eigenvalue weighted by atomic mass is 10.2. The van der Waals surface area contributed by atoms with E-state index >= 15 is 0 Å². The van der Waals surface area contributed by atoms with Crippen LogP contribution in [0.15, 0.2) is 33.2 Å². The zero-order chi connectivity index (χ0) is 13.8. The van der Waals surface area contributed by atoms with Gasteiger partial charge in [-0.1, -0.05) is 35.0 Å².